The molecule has 0 saturated heterocycles. The molecule has 1 aromatic rings. The first kappa shape index (κ1) is 15.0. The van der Waals surface area contributed by atoms with Gasteiger partial charge < -0.3 is 10.4 Å². The Balaban J connectivity index is 2.14. The molecule has 2 unspecified atom stereocenters. The van der Waals surface area contributed by atoms with E-state index in [2.05, 4.69) is 17.4 Å². The number of carbonyl (C=O) groups is 1. The lowest BCUT2D eigenvalue weighted by Crippen LogP contribution is -2.48. The van der Waals surface area contributed by atoms with Crippen molar-refractivity contribution in [2.24, 2.45) is 0 Å². The summed E-state index contributed by atoms with van der Waals surface area (Å²) in [5.74, 6) is 0.0690. The Bertz CT molecular complexity index is 472. The van der Waals surface area contributed by atoms with Gasteiger partial charge in [0.05, 0.1) is 5.92 Å². The van der Waals surface area contributed by atoms with E-state index in [-0.39, 0.29) is 24.0 Å². The Morgan fingerprint density at radius 1 is 1.45 bits per heavy atom. The summed E-state index contributed by atoms with van der Waals surface area (Å²) in [5.41, 5.74) is 2.18. The Kier molecular flexibility index (Phi) is 4.81. The van der Waals surface area contributed by atoms with Gasteiger partial charge in [-0.05, 0) is 50.2 Å². The van der Waals surface area contributed by atoms with E-state index >= 15 is 0 Å². The summed E-state index contributed by atoms with van der Waals surface area (Å²) in [5, 5.41) is 12.3. The van der Waals surface area contributed by atoms with Gasteiger partial charge >= 0.3 is 0 Å². The van der Waals surface area contributed by atoms with Crippen LogP contribution in [0.25, 0.3) is 0 Å². The minimum Gasteiger partial charge on any atom is -0.396 e. The maximum absolute atomic E-state index is 12.6. The van der Waals surface area contributed by atoms with Gasteiger partial charge in [-0.1, -0.05) is 31.2 Å². The largest absolute Gasteiger partial charge is 0.396 e. The second kappa shape index (κ2) is 6.40. The molecule has 1 aromatic carbocycles. The highest BCUT2D eigenvalue weighted by atomic mass is 16.3. The fourth-order valence-corrected chi connectivity index (χ4v) is 2.99. The number of rotatable bonds is 5. The predicted octanol–water partition coefficient (Wildman–Crippen LogP) is 2.77. The molecular weight excluding hydrogens is 250 g/mol. The SMILES string of the molecule is CCC(C)(CCO)NC(=O)C1CCCc2ccccc21. The second-order valence-electron chi connectivity index (χ2n) is 6.02. The molecule has 3 heteroatoms. The summed E-state index contributed by atoms with van der Waals surface area (Å²) in [6.07, 6.45) is 4.48. The normalized spacial score (nSPS) is 20.9. The molecule has 2 atom stereocenters. The first-order valence-corrected chi connectivity index (χ1v) is 7.60. The van der Waals surface area contributed by atoms with Gasteiger partial charge in [-0.3, -0.25) is 4.79 Å². The van der Waals surface area contributed by atoms with Crippen molar-refractivity contribution in [1.82, 2.24) is 5.32 Å². The standard InChI is InChI=1S/C17H25NO2/c1-3-17(2,11-12-19)18-16(20)15-10-6-8-13-7-4-5-9-14(13)15/h4-5,7,9,15,19H,3,6,8,10-12H2,1-2H3,(H,18,20). The Labute approximate surface area is 121 Å². The molecule has 2 N–H and O–H groups in total. The molecule has 0 heterocycles. The number of aryl methyl sites for hydroxylation is 1. The predicted molar refractivity (Wildman–Crippen MR) is 80.7 cm³/mol. The number of fused-ring (bicyclic) bond motifs is 1. The third-order valence-corrected chi connectivity index (χ3v) is 4.55. The number of benzene rings is 1. The van der Waals surface area contributed by atoms with Crippen LogP contribution in [0.2, 0.25) is 0 Å². The molecule has 1 aliphatic carbocycles. The van der Waals surface area contributed by atoms with Crippen molar-refractivity contribution in [2.75, 3.05) is 6.61 Å². The molecule has 2 rings (SSSR count). The van der Waals surface area contributed by atoms with E-state index in [9.17, 15) is 4.79 Å². The van der Waals surface area contributed by atoms with Crippen LogP contribution in [0, 0.1) is 0 Å². The molecule has 0 fully saturated rings. The van der Waals surface area contributed by atoms with E-state index in [1.54, 1.807) is 0 Å². The first-order chi connectivity index (χ1) is 9.59. The number of aliphatic hydroxyl groups is 1. The number of amides is 1. The van der Waals surface area contributed by atoms with Crippen molar-refractivity contribution < 1.29 is 9.90 Å². The summed E-state index contributed by atoms with van der Waals surface area (Å²) in [4.78, 5) is 12.6. The van der Waals surface area contributed by atoms with Gasteiger partial charge in [0.1, 0.15) is 0 Å². The first-order valence-electron chi connectivity index (χ1n) is 7.60. The van der Waals surface area contributed by atoms with E-state index in [0.29, 0.717) is 6.42 Å². The van der Waals surface area contributed by atoms with Crippen LogP contribution in [0.1, 0.15) is 56.6 Å². The van der Waals surface area contributed by atoms with Crippen LogP contribution in [-0.4, -0.2) is 23.2 Å². The molecule has 0 aliphatic heterocycles. The van der Waals surface area contributed by atoms with Crippen LogP contribution >= 0.6 is 0 Å². The van der Waals surface area contributed by atoms with E-state index in [1.165, 1.54) is 11.1 Å². The highest BCUT2D eigenvalue weighted by Gasteiger charge is 2.31. The van der Waals surface area contributed by atoms with E-state index in [1.807, 2.05) is 26.0 Å². The second-order valence-corrected chi connectivity index (χ2v) is 6.02. The molecule has 0 aromatic heterocycles. The van der Waals surface area contributed by atoms with Gasteiger partial charge in [-0.25, -0.2) is 0 Å². The maximum atomic E-state index is 12.6. The quantitative estimate of drug-likeness (QED) is 0.868. The van der Waals surface area contributed by atoms with Crippen LogP contribution in [0.15, 0.2) is 24.3 Å². The topological polar surface area (TPSA) is 49.3 Å². The fourth-order valence-electron chi connectivity index (χ4n) is 2.99. The maximum Gasteiger partial charge on any atom is 0.227 e. The summed E-state index contributed by atoms with van der Waals surface area (Å²) >= 11 is 0. The van der Waals surface area contributed by atoms with Gasteiger partial charge in [0, 0.05) is 12.1 Å². The highest BCUT2D eigenvalue weighted by Crippen LogP contribution is 2.32. The summed E-state index contributed by atoms with van der Waals surface area (Å²) in [7, 11) is 0. The van der Waals surface area contributed by atoms with Crippen molar-refractivity contribution in [3.63, 3.8) is 0 Å². The Hall–Kier alpha value is -1.35. The van der Waals surface area contributed by atoms with Gasteiger partial charge in [-0.15, -0.1) is 0 Å². The molecular formula is C17H25NO2. The Morgan fingerprint density at radius 2 is 2.20 bits per heavy atom. The van der Waals surface area contributed by atoms with Crippen molar-refractivity contribution in [1.29, 1.82) is 0 Å². The number of nitrogens with one attached hydrogen (secondary N) is 1. The molecule has 110 valence electrons. The van der Waals surface area contributed by atoms with Crippen molar-refractivity contribution in [2.45, 2.75) is 57.4 Å². The summed E-state index contributed by atoms with van der Waals surface area (Å²) < 4.78 is 0. The van der Waals surface area contributed by atoms with Crippen LogP contribution in [0.5, 0.6) is 0 Å². The molecule has 0 radical (unpaired) electrons. The Morgan fingerprint density at radius 3 is 2.90 bits per heavy atom. The lowest BCUT2D eigenvalue weighted by molar-refractivity contribution is -0.124. The summed E-state index contributed by atoms with van der Waals surface area (Å²) in [6.45, 7) is 4.16. The fraction of sp³-hybridized carbons (Fsp3) is 0.588. The molecule has 0 spiro atoms. The highest BCUT2D eigenvalue weighted by molar-refractivity contribution is 5.85. The van der Waals surface area contributed by atoms with E-state index < -0.39 is 0 Å². The molecule has 0 saturated carbocycles. The molecule has 1 aliphatic rings. The zero-order valence-corrected chi connectivity index (χ0v) is 12.5. The average Bonchev–Trinajstić information content (AvgIpc) is 2.46. The van der Waals surface area contributed by atoms with E-state index in [4.69, 9.17) is 5.11 Å². The number of hydrogen-bond donors (Lipinski definition) is 2. The number of carbonyl (C=O) groups excluding carboxylic acids is 1. The van der Waals surface area contributed by atoms with Crippen LogP contribution in [0.4, 0.5) is 0 Å². The average molecular weight is 275 g/mol. The summed E-state index contributed by atoms with van der Waals surface area (Å²) in [6, 6.07) is 8.26. The minimum atomic E-state index is -0.307. The van der Waals surface area contributed by atoms with Gasteiger partial charge in [-0.2, -0.15) is 0 Å². The minimum absolute atomic E-state index is 0.0375. The van der Waals surface area contributed by atoms with Crippen molar-refractivity contribution in [3.8, 4) is 0 Å². The lowest BCUT2D eigenvalue weighted by Gasteiger charge is -2.33. The lowest BCUT2D eigenvalue weighted by atomic mass is 9.81. The van der Waals surface area contributed by atoms with Crippen LogP contribution in [-0.2, 0) is 11.2 Å². The van der Waals surface area contributed by atoms with Crippen LogP contribution in [0.3, 0.4) is 0 Å². The molecule has 3 nitrogen and oxygen atoms in total. The molecule has 20 heavy (non-hydrogen) atoms. The monoisotopic (exact) mass is 275 g/mol. The molecule has 0 bridgehead atoms. The smallest absolute Gasteiger partial charge is 0.227 e. The number of aliphatic hydroxyl groups excluding tert-OH is 1. The van der Waals surface area contributed by atoms with Crippen molar-refractivity contribution >= 4 is 5.91 Å². The number of hydrogen-bond acceptors (Lipinski definition) is 2. The van der Waals surface area contributed by atoms with Gasteiger partial charge in [0.25, 0.3) is 0 Å². The van der Waals surface area contributed by atoms with E-state index in [0.717, 1.165) is 25.7 Å². The third-order valence-electron chi connectivity index (χ3n) is 4.55. The van der Waals surface area contributed by atoms with Gasteiger partial charge in [0.15, 0.2) is 0 Å². The van der Waals surface area contributed by atoms with Gasteiger partial charge in [0.2, 0.25) is 5.91 Å². The molecule has 1 amide bonds. The van der Waals surface area contributed by atoms with Crippen molar-refractivity contribution in [3.05, 3.63) is 35.4 Å². The van der Waals surface area contributed by atoms with Crippen LogP contribution < -0.4 is 5.32 Å². The zero-order valence-electron chi connectivity index (χ0n) is 12.5. The zero-order chi connectivity index (χ0) is 14.6. The third kappa shape index (κ3) is 3.21.